The third kappa shape index (κ3) is 3.30. The Bertz CT molecular complexity index is 1530. The van der Waals surface area contributed by atoms with Crippen molar-refractivity contribution >= 4 is 54.8 Å². The highest BCUT2D eigenvalue weighted by atomic mass is 16.2. The number of hydrogen-bond donors (Lipinski definition) is 0. The number of rotatable bonds is 1. The van der Waals surface area contributed by atoms with Crippen LogP contribution in [0.25, 0.3) is 43.1 Å². The van der Waals surface area contributed by atoms with Crippen LogP contribution in [0.4, 0.5) is 10.5 Å². The number of fused-ring (bicyclic) bond motifs is 7. The summed E-state index contributed by atoms with van der Waals surface area (Å²) in [6, 6.07) is 28.3. The van der Waals surface area contributed by atoms with Crippen LogP contribution in [0.1, 0.15) is 0 Å². The summed E-state index contributed by atoms with van der Waals surface area (Å²) in [7, 11) is 3.99. The van der Waals surface area contributed by atoms with Gasteiger partial charge >= 0.3 is 6.03 Å². The third-order valence-electron chi connectivity index (χ3n) is 7.17. The standard InChI is InChI=1S/C29H27N3O/c1-30-15-17-32(18-16-30)29(33)31(2)22-10-7-21-9-12-26-25-11-8-20-5-3-4-6-23(20)24(25)13-14-27(26)28(21)19-22/h3-14,19H,15-18H2,1-2H3. The van der Waals surface area contributed by atoms with E-state index < -0.39 is 0 Å². The summed E-state index contributed by atoms with van der Waals surface area (Å²) in [5.41, 5.74) is 0.928. The van der Waals surface area contributed by atoms with Gasteiger partial charge in [-0.2, -0.15) is 0 Å². The van der Waals surface area contributed by atoms with Crippen LogP contribution in [-0.2, 0) is 0 Å². The average molecular weight is 434 g/mol. The maximum absolute atomic E-state index is 13.1. The van der Waals surface area contributed by atoms with Crippen molar-refractivity contribution in [3.8, 4) is 0 Å². The Morgan fingerprint density at radius 1 is 0.667 bits per heavy atom. The van der Waals surface area contributed by atoms with Gasteiger partial charge in [-0.1, -0.05) is 66.7 Å². The van der Waals surface area contributed by atoms with E-state index in [4.69, 9.17) is 0 Å². The summed E-state index contributed by atoms with van der Waals surface area (Å²) >= 11 is 0. The van der Waals surface area contributed by atoms with E-state index in [0.717, 1.165) is 31.9 Å². The molecule has 0 unspecified atom stereocenters. The van der Waals surface area contributed by atoms with Crippen molar-refractivity contribution in [3.63, 3.8) is 0 Å². The zero-order valence-corrected chi connectivity index (χ0v) is 19.1. The Kier molecular flexibility index (Phi) is 4.70. The number of hydrogen-bond acceptors (Lipinski definition) is 2. The van der Waals surface area contributed by atoms with Crippen LogP contribution in [-0.4, -0.2) is 56.1 Å². The topological polar surface area (TPSA) is 26.8 Å². The predicted molar refractivity (Wildman–Crippen MR) is 139 cm³/mol. The van der Waals surface area contributed by atoms with Crippen LogP contribution in [0.3, 0.4) is 0 Å². The first kappa shape index (κ1) is 20.0. The second-order valence-electron chi connectivity index (χ2n) is 9.15. The third-order valence-corrected chi connectivity index (χ3v) is 7.17. The molecular weight excluding hydrogens is 406 g/mol. The molecule has 0 N–H and O–H groups in total. The number of amides is 2. The van der Waals surface area contributed by atoms with Crippen LogP contribution in [0, 0.1) is 0 Å². The fourth-order valence-electron chi connectivity index (χ4n) is 5.15. The van der Waals surface area contributed by atoms with Crippen molar-refractivity contribution in [3.05, 3.63) is 78.9 Å². The van der Waals surface area contributed by atoms with E-state index in [9.17, 15) is 4.79 Å². The number of carbonyl (C=O) groups excluding carboxylic acids is 1. The minimum atomic E-state index is 0.0691. The molecule has 1 saturated heterocycles. The van der Waals surface area contributed by atoms with Gasteiger partial charge in [-0.3, -0.25) is 4.90 Å². The summed E-state index contributed by atoms with van der Waals surface area (Å²) in [4.78, 5) is 19.1. The molecule has 0 spiro atoms. The van der Waals surface area contributed by atoms with Crippen LogP contribution in [0.2, 0.25) is 0 Å². The van der Waals surface area contributed by atoms with Gasteiger partial charge in [0.05, 0.1) is 0 Å². The average Bonchev–Trinajstić information content (AvgIpc) is 2.87. The molecule has 0 radical (unpaired) electrons. The number of anilines is 1. The molecule has 5 aromatic carbocycles. The van der Waals surface area contributed by atoms with Gasteiger partial charge in [0.2, 0.25) is 0 Å². The first-order valence-corrected chi connectivity index (χ1v) is 11.6. The molecule has 0 aromatic heterocycles. The molecule has 0 aliphatic carbocycles. The molecular formula is C29H27N3O. The van der Waals surface area contributed by atoms with Gasteiger partial charge in [0.25, 0.3) is 0 Å². The summed E-state index contributed by atoms with van der Waals surface area (Å²) < 4.78 is 0. The molecule has 5 aromatic rings. The first-order valence-electron chi connectivity index (χ1n) is 11.6. The Labute approximate surface area is 193 Å². The summed E-state index contributed by atoms with van der Waals surface area (Å²) in [6.07, 6.45) is 0. The normalized spacial score (nSPS) is 15.0. The molecule has 0 atom stereocenters. The van der Waals surface area contributed by atoms with E-state index in [1.807, 2.05) is 11.9 Å². The van der Waals surface area contributed by atoms with Crippen molar-refractivity contribution in [2.75, 3.05) is 45.2 Å². The fraction of sp³-hybridized carbons (Fsp3) is 0.207. The van der Waals surface area contributed by atoms with Gasteiger partial charge in [-0.05, 0) is 62.3 Å². The molecule has 2 amide bonds. The van der Waals surface area contributed by atoms with E-state index in [2.05, 4.69) is 90.8 Å². The van der Waals surface area contributed by atoms with Gasteiger partial charge in [-0.25, -0.2) is 4.79 Å². The van der Waals surface area contributed by atoms with Crippen LogP contribution in [0.15, 0.2) is 78.9 Å². The van der Waals surface area contributed by atoms with Crippen molar-refractivity contribution in [2.24, 2.45) is 0 Å². The van der Waals surface area contributed by atoms with Crippen molar-refractivity contribution in [2.45, 2.75) is 0 Å². The highest BCUT2D eigenvalue weighted by Gasteiger charge is 2.23. The summed E-state index contributed by atoms with van der Waals surface area (Å²) in [5, 5.41) is 9.91. The lowest BCUT2D eigenvalue weighted by Gasteiger charge is -2.35. The molecule has 1 aliphatic heterocycles. The van der Waals surface area contributed by atoms with Crippen molar-refractivity contribution in [1.82, 2.24) is 9.80 Å². The van der Waals surface area contributed by atoms with Gasteiger partial charge in [0.1, 0.15) is 0 Å². The number of carbonyl (C=O) groups is 1. The molecule has 1 aliphatic rings. The second-order valence-corrected chi connectivity index (χ2v) is 9.15. The lowest BCUT2D eigenvalue weighted by Crippen LogP contribution is -2.51. The molecule has 1 fully saturated rings. The molecule has 0 saturated carbocycles. The zero-order valence-electron chi connectivity index (χ0n) is 19.1. The van der Waals surface area contributed by atoms with Crippen LogP contribution >= 0.6 is 0 Å². The molecule has 6 rings (SSSR count). The van der Waals surface area contributed by atoms with Gasteiger partial charge in [-0.15, -0.1) is 0 Å². The highest BCUT2D eigenvalue weighted by molar-refractivity contribution is 6.22. The minimum Gasteiger partial charge on any atom is -0.322 e. The van der Waals surface area contributed by atoms with Gasteiger partial charge < -0.3 is 9.80 Å². The Morgan fingerprint density at radius 2 is 1.21 bits per heavy atom. The fourth-order valence-corrected chi connectivity index (χ4v) is 5.15. The smallest absolute Gasteiger partial charge is 0.322 e. The Morgan fingerprint density at radius 3 is 1.94 bits per heavy atom. The number of benzene rings is 5. The maximum atomic E-state index is 13.1. The quantitative estimate of drug-likeness (QED) is 0.299. The van der Waals surface area contributed by atoms with E-state index in [-0.39, 0.29) is 6.03 Å². The highest BCUT2D eigenvalue weighted by Crippen LogP contribution is 2.35. The zero-order chi connectivity index (χ0) is 22.5. The van der Waals surface area contributed by atoms with E-state index in [0.29, 0.717) is 0 Å². The second kappa shape index (κ2) is 7.75. The van der Waals surface area contributed by atoms with Crippen molar-refractivity contribution in [1.29, 1.82) is 0 Å². The number of piperazine rings is 1. The lowest BCUT2D eigenvalue weighted by atomic mass is 9.94. The van der Waals surface area contributed by atoms with E-state index >= 15 is 0 Å². The SMILES string of the molecule is CN1CCN(C(=O)N(C)c2ccc3ccc4c(ccc5c6ccccc6ccc54)c3c2)CC1. The number of nitrogens with zero attached hydrogens (tertiary/aromatic N) is 3. The molecule has 4 nitrogen and oxygen atoms in total. The Balaban J connectivity index is 1.46. The molecule has 33 heavy (non-hydrogen) atoms. The Hall–Kier alpha value is -3.63. The van der Waals surface area contributed by atoms with Gasteiger partial charge in [0.15, 0.2) is 0 Å². The van der Waals surface area contributed by atoms with Crippen LogP contribution in [0.5, 0.6) is 0 Å². The largest absolute Gasteiger partial charge is 0.324 e. The summed E-state index contributed by atoms with van der Waals surface area (Å²) in [5.74, 6) is 0. The lowest BCUT2D eigenvalue weighted by molar-refractivity contribution is 0.160. The maximum Gasteiger partial charge on any atom is 0.324 e. The molecule has 164 valence electrons. The molecule has 1 heterocycles. The number of likely N-dealkylation sites (N-methyl/N-ethyl adjacent to an activating group) is 1. The predicted octanol–water partition coefficient (Wildman–Crippen LogP) is 6.10. The van der Waals surface area contributed by atoms with Gasteiger partial charge in [0, 0.05) is 38.9 Å². The first-order chi connectivity index (χ1) is 16.1. The van der Waals surface area contributed by atoms with Crippen molar-refractivity contribution < 1.29 is 4.79 Å². The minimum absolute atomic E-state index is 0.0691. The van der Waals surface area contributed by atoms with E-state index in [1.54, 1.807) is 4.90 Å². The number of urea groups is 1. The molecule has 4 heteroatoms. The monoisotopic (exact) mass is 433 g/mol. The summed E-state index contributed by atoms with van der Waals surface area (Å²) in [6.45, 7) is 3.39. The van der Waals surface area contributed by atoms with E-state index in [1.165, 1.54) is 43.1 Å². The molecule has 0 bridgehead atoms. The van der Waals surface area contributed by atoms with Crippen LogP contribution < -0.4 is 4.90 Å².